The molecule has 5 rings (SSSR count). The average molecular weight is 736 g/mol. The Morgan fingerprint density at radius 2 is 1.52 bits per heavy atom. The molecular formula is C53H57N3. The molecule has 0 aliphatic carbocycles. The second-order valence-corrected chi connectivity index (χ2v) is 14.1. The highest BCUT2D eigenvalue weighted by Gasteiger charge is 2.25. The van der Waals surface area contributed by atoms with Crippen molar-refractivity contribution in [1.29, 1.82) is 0 Å². The molecule has 2 heterocycles. The van der Waals surface area contributed by atoms with E-state index < -0.39 is 0 Å². The molecule has 56 heavy (non-hydrogen) atoms. The van der Waals surface area contributed by atoms with Crippen LogP contribution in [0.3, 0.4) is 0 Å². The zero-order valence-electron chi connectivity index (χ0n) is 33.7. The van der Waals surface area contributed by atoms with E-state index in [1.807, 2.05) is 30.4 Å². The number of benzene rings is 3. The molecule has 1 aliphatic heterocycles. The molecule has 0 bridgehead atoms. The summed E-state index contributed by atoms with van der Waals surface area (Å²) in [6, 6.07) is 23.2. The van der Waals surface area contributed by atoms with Crippen molar-refractivity contribution in [3.63, 3.8) is 0 Å². The third kappa shape index (κ3) is 10.2. The van der Waals surface area contributed by atoms with E-state index in [1.165, 1.54) is 11.0 Å². The fraction of sp³-hybridized carbons (Fsp3) is 0.208. The lowest BCUT2D eigenvalue weighted by Gasteiger charge is -2.30. The highest BCUT2D eigenvalue weighted by Crippen LogP contribution is 2.38. The zero-order valence-corrected chi connectivity index (χ0v) is 33.7. The summed E-state index contributed by atoms with van der Waals surface area (Å²) in [5.74, 6) is 0.570. The molecule has 0 fully saturated rings. The van der Waals surface area contributed by atoms with Crippen molar-refractivity contribution in [1.82, 2.24) is 9.97 Å². The van der Waals surface area contributed by atoms with Crippen LogP contribution in [0.25, 0.3) is 32.9 Å². The lowest BCUT2D eigenvalue weighted by Crippen LogP contribution is -2.25. The van der Waals surface area contributed by atoms with Gasteiger partial charge >= 0.3 is 0 Å². The van der Waals surface area contributed by atoms with Gasteiger partial charge in [0.2, 0.25) is 5.95 Å². The Hall–Kier alpha value is -6.06. The fourth-order valence-electron chi connectivity index (χ4n) is 7.16. The maximum atomic E-state index is 5.40. The summed E-state index contributed by atoms with van der Waals surface area (Å²) in [5.41, 5.74) is 9.78. The first-order chi connectivity index (χ1) is 27.3. The first kappa shape index (κ1) is 41.1. The van der Waals surface area contributed by atoms with Crippen molar-refractivity contribution in [3.05, 3.63) is 212 Å². The van der Waals surface area contributed by atoms with E-state index in [2.05, 4.69) is 161 Å². The zero-order chi connectivity index (χ0) is 39.9. The number of nitrogens with zero attached hydrogens (tertiary/aromatic N) is 3. The molecule has 0 saturated heterocycles. The molecule has 1 aromatic heterocycles. The van der Waals surface area contributed by atoms with E-state index in [1.54, 1.807) is 0 Å². The molecule has 0 spiro atoms. The molecule has 284 valence electrons. The normalized spacial score (nSPS) is 17.9. The molecule has 0 N–H and O–H groups in total. The molecule has 3 nitrogen and oxygen atoms in total. The van der Waals surface area contributed by atoms with E-state index >= 15 is 0 Å². The first-order valence-electron chi connectivity index (χ1n) is 19.9. The van der Waals surface area contributed by atoms with Gasteiger partial charge in [0.05, 0.1) is 11.2 Å². The fourth-order valence-corrected chi connectivity index (χ4v) is 7.16. The smallest absolute Gasteiger partial charge is 0.235 e. The van der Waals surface area contributed by atoms with E-state index in [0.717, 1.165) is 99.8 Å². The molecule has 3 heteroatoms. The molecule has 1 atom stereocenters. The Balaban J connectivity index is 1.65. The van der Waals surface area contributed by atoms with E-state index in [-0.39, 0.29) is 5.92 Å². The van der Waals surface area contributed by atoms with Crippen LogP contribution < -0.4 is 4.90 Å². The predicted octanol–water partition coefficient (Wildman–Crippen LogP) is 15.0. The molecule has 4 aromatic rings. The van der Waals surface area contributed by atoms with Gasteiger partial charge in [-0.1, -0.05) is 180 Å². The maximum Gasteiger partial charge on any atom is 0.235 e. The van der Waals surface area contributed by atoms with Crippen LogP contribution in [0, 0.1) is 5.92 Å². The number of hydrogen-bond donors (Lipinski definition) is 0. The Bertz CT molecular complexity index is 2310. The Labute approximate surface area is 336 Å². The van der Waals surface area contributed by atoms with E-state index in [4.69, 9.17) is 16.5 Å². The van der Waals surface area contributed by atoms with Crippen LogP contribution >= 0.6 is 0 Å². The van der Waals surface area contributed by atoms with Crippen LogP contribution in [0.1, 0.15) is 65.7 Å². The van der Waals surface area contributed by atoms with Gasteiger partial charge < -0.3 is 0 Å². The summed E-state index contributed by atoms with van der Waals surface area (Å²) in [6.07, 6.45) is 31.8. The number of aromatic nitrogens is 2. The summed E-state index contributed by atoms with van der Waals surface area (Å²) >= 11 is 0. The number of allylic oxidation sites excluding steroid dienone is 19. The quantitative estimate of drug-likeness (QED) is 0.107. The minimum absolute atomic E-state index is 0.0102. The highest BCUT2D eigenvalue weighted by atomic mass is 15.3. The van der Waals surface area contributed by atoms with E-state index in [9.17, 15) is 0 Å². The monoisotopic (exact) mass is 735 g/mol. The summed E-state index contributed by atoms with van der Waals surface area (Å²) in [6.45, 7) is 28.8. The second-order valence-electron chi connectivity index (χ2n) is 14.1. The van der Waals surface area contributed by atoms with Gasteiger partial charge in [0.1, 0.15) is 0 Å². The van der Waals surface area contributed by atoms with Gasteiger partial charge in [-0.3, -0.25) is 4.90 Å². The molecule has 0 radical (unpaired) electrons. The minimum atomic E-state index is -0.0102. The molecule has 1 aliphatic rings. The standard InChI is InChI=1S/C53H57N3/c1-9-12-14-19-28-39(4)42(7)43(8)46(33-13-10-2)47(27-11-3)45-31-21-18-16-15-17-20-29-40(5)56(41(6)38-45)53-54-51-37-25-24-35-50(51)52(55-53)49-36-26-32-44-30-22-23-34-48(44)49/h10,12-15,17,19,21-28,30-37,45H,2,4-7,9,11,16,18,20,29,38H2,1,3,8H3/b14-12-,17-15-,28-19-,31-21-,33-13-,46-43-,47-27-/t45-/m1/s1. The van der Waals surface area contributed by atoms with Crippen molar-refractivity contribution < 1.29 is 0 Å². The summed E-state index contributed by atoms with van der Waals surface area (Å²) in [7, 11) is 0. The number of anilines is 1. The van der Waals surface area contributed by atoms with Crippen molar-refractivity contribution in [3.8, 4) is 11.3 Å². The van der Waals surface area contributed by atoms with Crippen molar-refractivity contribution in [2.24, 2.45) is 5.92 Å². The largest absolute Gasteiger partial charge is 0.288 e. The van der Waals surface area contributed by atoms with Gasteiger partial charge in [0.25, 0.3) is 0 Å². The number of hydrogen-bond acceptors (Lipinski definition) is 3. The summed E-state index contributed by atoms with van der Waals surface area (Å²) in [5, 5.41) is 3.32. The van der Waals surface area contributed by atoms with Crippen LogP contribution in [0.4, 0.5) is 5.95 Å². The third-order valence-electron chi connectivity index (χ3n) is 10.1. The highest BCUT2D eigenvalue weighted by molar-refractivity contribution is 6.03. The lowest BCUT2D eigenvalue weighted by atomic mass is 9.83. The van der Waals surface area contributed by atoms with Crippen LogP contribution in [0.15, 0.2) is 212 Å². The van der Waals surface area contributed by atoms with Gasteiger partial charge in [-0.15, -0.1) is 0 Å². The summed E-state index contributed by atoms with van der Waals surface area (Å²) in [4.78, 5) is 12.7. The third-order valence-corrected chi connectivity index (χ3v) is 10.1. The maximum absolute atomic E-state index is 5.40. The number of rotatable bonds is 12. The lowest BCUT2D eigenvalue weighted by molar-refractivity contribution is 0.719. The van der Waals surface area contributed by atoms with Crippen LogP contribution in [0.5, 0.6) is 0 Å². The predicted molar refractivity (Wildman–Crippen MR) is 245 cm³/mol. The Morgan fingerprint density at radius 3 is 2.30 bits per heavy atom. The van der Waals surface area contributed by atoms with Crippen LogP contribution in [0.2, 0.25) is 0 Å². The first-order valence-corrected chi connectivity index (χ1v) is 19.9. The van der Waals surface area contributed by atoms with Gasteiger partial charge in [0.15, 0.2) is 0 Å². The van der Waals surface area contributed by atoms with Crippen molar-refractivity contribution in [2.45, 2.75) is 65.7 Å². The summed E-state index contributed by atoms with van der Waals surface area (Å²) < 4.78 is 0. The van der Waals surface area contributed by atoms with Gasteiger partial charge in [-0.2, -0.15) is 0 Å². The molecule has 3 aromatic carbocycles. The molecule has 0 unspecified atom stereocenters. The van der Waals surface area contributed by atoms with Gasteiger partial charge in [-0.05, 0) is 96.6 Å². The Kier molecular flexibility index (Phi) is 15.1. The van der Waals surface area contributed by atoms with Crippen LogP contribution in [-0.4, -0.2) is 9.97 Å². The van der Waals surface area contributed by atoms with Crippen molar-refractivity contribution >= 4 is 27.6 Å². The number of para-hydroxylation sites is 1. The minimum Gasteiger partial charge on any atom is -0.288 e. The number of fused-ring (bicyclic) bond motifs is 2. The topological polar surface area (TPSA) is 29.0 Å². The van der Waals surface area contributed by atoms with Gasteiger partial charge in [-0.25, -0.2) is 9.97 Å². The average Bonchev–Trinajstić information content (AvgIpc) is 3.22. The second kappa shape index (κ2) is 20.6. The van der Waals surface area contributed by atoms with E-state index in [0.29, 0.717) is 12.4 Å². The molecule has 0 amide bonds. The molecular weight excluding hydrogens is 679 g/mol. The molecule has 0 saturated carbocycles. The SMILES string of the molecule is C=C\C=C/C(C(=C\CC)/[C@@H]1/C=C\CC/C=C\CCC(=C)N(c2nc(-c3cccc4ccccc34)c3ccccc3n2)C(=C)C1)=C(\C)C(=C)C(=C)/C=C\C=C/CC. The van der Waals surface area contributed by atoms with Crippen LogP contribution in [-0.2, 0) is 0 Å². The van der Waals surface area contributed by atoms with Gasteiger partial charge in [0, 0.05) is 28.3 Å². The van der Waals surface area contributed by atoms with Crippen molar-refractivity contribution in [2.75, 3.05) is 4.90 Å². The Morgan fingerprint density at radius 1 is 0.786 bits per heavy atom.